The summed E-state index contributed by atoms with van der Waals surface area (Å²) in [6.07, 6.45) is 5.40. The van der Waals surface area contributed by atoms with Crippen LogP contribution in [0.1, 0.15) is 68.9 Å². The first kappa shape index (κ1) is 23.7. The van der Waals surface area contributed by atoms with Gasteiger partial charge in [0.15, 0.2) is 0 Å². The zero-order valence-electron chi connectivity index (χ0n) is 21.6. The maximum Gasteiger partial charge on any atom is 0.253 e. The van der Waals surface area contributed by atoms with Crippen LogP contribution in [-0.2, 0) is 5.41 Å². The fourth-order valence-corrected chi connectivity index (χ4v) is 5.27. The molecule has 0 spiro atoms. The van der Waals surface area contributed by atoms with Crippen LogP contribution < -0.4 is 10.2 Å². The molecule has 0 bridgehead atoms. The molecule has 0 atom stereocenters. The zero-order valence-corrected chi connectivity index (χ0v) is 21.6. The highest BCUT2D eigenvalue weighted by atomic mass is 16.2. The number of hydrogen-bond acceptors (Lipinski definition) is 4. The van der Waals surface area contributed by atoms with Gasteiger partial charge in [0, 0.05) is 65.7 Å². The standard InChI is InChI=1S/C30H38N4O/c1-30(2,3)28-20-27(25-8-5-6-9-26(25)32-28)31-22-12-16-23(17-13-22)33(4)29(35)21-10-14-24(15-11-21)34-18-7-19-34/h5-6,8-11,14-15,20,22-23H,7,12-13,16-19H2,1-4H3,(H,31,32). The predicted molar refractivity (Wildman–Crippen MR) is 145 cm³/mol. The predicted octanol–water partition coefficient (Wildman–Crippen LogP) is 6.24. The number of carbonyl (C=O) groups is 1. The van der Waals surface area contributed by atoms with Gasteiger partial charge in [-0.05, 0) is 68.5 Å². The average Bonchev–Trinajstić information content (AvgIpc) is 2.82. The van der Waals surface area contributed by atoms with E-state index in [0.717, 1.165) is 55.5 Å². The molecule has 184 valence electrons. The molecule has 35 heavy (non-hydrogen) atoms. The molecule has 5 nitrogen and oxygen atoms in total. The number of benzene rings is 2. The maximum atomic E-state index is 13.1. The molecule has 1 aliphatic heterocycles. The summed E-state index contributed by atoms with van der Waals surface area (Å²) in [6.45, 7) is 8.88. The third kappa shape index (κ3) is 5.00. The topological polar surface area (TPSA) is 48.5 Å². The normalized spacial score (nSPS) is 20.4. The molecular weight excluding hydrogens is 432 g/mol. The fourth-order valence-electron chi connectivity index (χ4n) is 5.27. The van der Waals surface area contributed by atoms with E-state index in [9.17, 15) is 4.79 Å². The van der Waals surface area contributed by atoms with E-state index in [-0.39, 0.29) is 17.4 Å². The Morgan fingerprint density at radius 2 is 1.69 bits per heavy atom. The Morgan fingerprint density at radius 1 is 1.00 bits per heavy atom. The molecule has 1 N–H and O–H groups in total. The van der Waals surface area contributed by atoms with Crippen molar-refractivity contribution in [1.82, 2.24) is 9.88 Å². The molecule has 5 rings (SSSR count). The van der Waals surface area contributed by atoms with Gasteiger partial charge in [-0.15, -0.1) is 0 Å². The minimum Gasteiger partial charge on any atom is -0.382 e. The molecule has 2 fully saturated rings. The molecule has 2 heterocycles. The number of hydrogen-bond donors (Lipinski definition) is 1. The van der Waals surface area contributed by atoms with E-state index in [1.54, 1.807) is 0 Å². The molecule has 0 unspecified atom stereocenters. The van der Waals surface area contributed by atoms with E-state index in [1.807, 2.05) is 24.1 Å². The van der Waals surface area contributed by atoms with Crippen molar-refractivity contribution in [3.63, 3.8) is 0 Å². The molecule has 2 aliphatic rings. The molecule has 2 aromatic carbocycles. The second-order valence-corrected chi connectivity index (χ2v) is 11.3. The van der Waals surface area contributed by atoms with Crippen LogP contribution in [0.15, 0.2) is 54.6 Å². The molecule has 1 saturated carbocycles. The van der Waals surface area contributed by atoms with Gasteiger partial charge in [0.1, 0.15) is 0 Å². The summed E-state index contributed by atoms with van der Waals surface area (Å²) in [5, 5.41) is 5.01. The number of amides is 1. The Labute approximate surface area is 209 Å². The summed E-state index contributed by atoms with van der Waals surface area (Å²) in [5.41, 5.74) is 5.33. The van der Waals surface area contributed by atoms with Crippen molar-refractivity contribution < 1.29 is 4.79 Å². The Morgan fingerprint density at radius 3 is 2.31 bits per heavy atom. The van der Waals surface area contributed by atoms with Crippen LogP contribution in [0.2, 0.25) is 0 Å². The van der Waals surface area contributed by atoms with Gasteiger partial charge in [0.2, 0.25) is 0 Å². The van der Waals surface area contributed by atoms with Crippen molar-refractivity contribution in [3.05, 3.63) is 65.9 Å². The number of anilines is 2. The quantitative estimate of drug-likeness (QED) is 0.480. The van der Waals surface area contributed by atoms with Crippen LogP contribution in [0.4, 0.5) is 11.4 Å². The highest BCUT2D eigenvalue weighted by molar-refractivity contribution is 5.94. The largest absolute Gasteiger partial charge is 0.382 e. The van der Waals surface area contributed by atoms with Crippen LogP contribution in [-0.4, -0.2) is 48.0 Å². The molecule has 1 saturated heterocycles. The van der Waals surface area contributed by atoms with Crippen LogP contribution in [0.25, 0.3) is 10.9 Å². The number of aromatic nitrogens is 1. The monoisotopic (exact) mass is 470 g/mol. The summed E-state index contributed by atoms with van der Waals surface area (Å²) in [6, 6.07) is 19.5. The highest BCUT2D eigenvalue weighted by Crippen LogP contribution is 2.32. The van der Waals surface area contributed by atoms with E-state index in [0.29, 0.717) is 6.04 Å². The highest BCUT2D eigenvalue weighted by Gasteiger charge is 2.28. The van der Waals surface area contributed by atoms with Crippen molar-refractivity contribution in [3.8, 4) is 0 Å². The lowest BCUT2D eigenvalue weighted by Gasteiger charge is -2.36. The SMILES string of the molecule is CN(C(=O)c1ccc(N2CCC2)cc1)C1CCC(Nc2cc(C(C)(C)C)nc3ccccc23)CC1. The first-order chi connectivity index (χ1) is 16.8. The number of pyridine rings is 1. The Balaban J connectivity index is 1.23. The summed E-state index contributed by atoms with van der Waals surface area (Å²) >= 11 is 0. The van der Waals surface area contributed by atoms with Crippen molar-refractivity contribution in [2.45, 2.75) is 70.4 Å². The summed E-state index contributed by atoms with van der Waals surface area (Å²) < 4.78 is 0. The minimum absolute atomic E-state index is 0.00531. The number of rotatable bonds is 5. The van der Waals surface area contributed by atoms with Crippen molar-refractivity contribution in [1.29, 1.82) is 0 Å². The van der Waals surface area contributed by atoms with Crippen LogP contribution >= 0.6 is 0 Å². The first-order valence-corrected chi connectivity index (χ1v) is 13.1. The average molecular weight is 471 g/mol. The fraction of sp³-hybridized carbons (Fsp3) is 0.467. The van der Waals surface area contributed by atoms with Crippen molar-refractivity contribution in [2.75, 3.05) is 30.4 Å². The molecule has 0 radical (unpaired) electrons. The second kappa shape index (κ2) is 9.52. The Hall–Kier alpha value is -3.08. The number of nitrogens with zero attached hydrogens (tertiary/aromatic N) is 3. The summed E-state index contributed by atoms with van der Waals surface area (Å²) in [5.74, 6) is 0.131. The van der Waals surface area contributed by atoms with E-state index < -0.39 is 0 Å². The lowest BCUT2D eigenvalue weighted by molar-refractivity contribution is 0.0692. The molecule has 1 aliphatic carbocycles. The zero-order chi connectivity index (χ0) is 24.6. The van der Waals surface area contributed by atoms with E-state index >= 15 is 0 Å². The molecule has 1 amide bonds. The Kier molecular flexibility index (Phi) is 6.43. The van der Waals surface area contributed by atoms with Crippen molar-refractivity contribution >= 4 is 28.2 Å². The Bertz CT molecular complexity index is 1190. The lowest BCUT2D eigenvalue weighted by atomic mass is 9.88. The molecule has 1 aromatic heterocycles. The summed E-state index contributed by atoms with van der Waals surface area (Å²) in [7, 11) is 1.97. The lowest BCUT2D eigenvalue weighted by Crippen LogP contribution is -2.41. The van der Waals surface area contributed by atoms with Gasteiger partial charge in [-0.3, -0.25) is 9.78 Å². The van der Waals surface area contributed by atoms with Crippen LogP contribution in [0.5, 0.6) is 0 Å². The van der Waals surface area contributed by atoms with E-state index in [4.69, 9.17) is 4.98 Å². The summed E-state index contributed by atoms with van der Waals surface area (Å²) in [4.78, 5) is 22.4. The van der Waals surface area contributed by atoms with Crippen LogP contribution in [0.3, 0.4) is 0 Å². The van der Waals surface area contributed by atoms with Gasteiger partial charge >= 0.3 is 0 Å². The van der Waals surface area contributed by atoms with E-state index in [1.165, 1.54) is 23.2 Å². The first-order valence-electron chi connectivity index (χ1n) is 13.1. The number of fused-ring (bicyclic) bond motifs is 1. The van der Waals surface area contributed by atoms with Gasteiger partial charge in [-0.2, -0.15) is 0 Å². The smallest absolute Gasteiger partial charge is 0.253 e. The third-order valence-corrected chi connectivity index (χ3v) is 7.74. The van der Waals surface area contributed by atoms with Gasteiger partial charge in [-0.25, -0.2) is 0 Å². The van der Waals surface area contributed by atoms with Gasteiger partial charge < -0.3 is 15.1 Å². The van der Waals surface area contributed by atoms with Crippen molar-refractivity contribution in [2.24, 2.45) is 0 Å². The number of nitrogens with one attached hydrogen (secondary N) is 1. The number of carbonyl (C=O) groups excluding carboxylic acids is 1. The molecule has 5 heteroatoms. The molecular formula is C30H38N4O. The van der Waals surface area contributed by atoms with Gasteiger partial charge in [0.05, 0.1) is 5.52 Å². The van der Waals surface area contributed by atoms with Crippen LogP contribution in [0, 0.1) is 0 Å². The third-order valence-electron chi connectivity index (χ3n) is 7.74. The maximum absolute atomic E-state index is 13.1. The molecule has 3 aromatic rings. The van der Waals surface area contributed by atoms with Gasteiger partial charge in [-0.1, -0.05) is 39.0 Å². The number of para-hydroxylation sites is 1. The minimum atomic E-state index is -0.00531. The van der Waals surface area contributed by atoms with Gasteiger partial charge in [0.25, 0.3) is 5.91 Å². The van der Waals surface area contributed by atoms with E-state index in [2.05, 4.69) is 73.5 Å². The second-order valence-electron chi connectivity index (χ2n) is 11.3.